The molecule has 0 aliphatic carbocycles. The van der Waals surface area contributed by atoms with Gasteiger partial charge in [-0.1, -0.05) is 46.5 Å². The number of carbonyl (C=O) groups excluding carboxylic acids is 1. The molecule has 1 heterocycles. The van der Waals surface area contributed by atoms with E-state index in [1.54, 1.807) is 0 Å². The number of primary amides is 1. The number of anilines is 1. The Kier molecular flexibility index (Phi) is 6.55. The van der Waals surface area contributed by atoms with Gasteiger partial charge >= 0.3 is 0 Å². The zero-order chi connectivity index (χ0) is 15.1. The Labute approximate surface area is 121 Å². The molecule has 0 fully saturated rings. The zero-order valence-corrected chi connectivity index (χ0v) is 13.0. The molecule has 1 aromatic heterocycles. The number of nitrogens with two attached hydrogens (primary N) is 2. The summed E-state index contributed by atoms with van der Waals surface area (Å²) in [4.78, 5) is 11.5. The van der Waals surface area contributed by atoms with Crippen LogP contribution in [0.3, 0.4) is 0 Å². The highest BCUT2D eigenvalue weighted by atomic mass is 16.1. The predicted octanol–water partition coefficient (Wildman–Crippen LogP) is 3.05. The maximum absolute atomic E-state index is 11.5. The molecular formula is C15H28N4O. The molecule has 0 aromatic carbocycles. The number of amides is 1. The number of unbranched alkanes of at least 4 members (excludes halogenated alkanes) is 3. The summed E-state index contributed by atoms with van der Waals surface area (Å²) in [6, 6.07) is 0.255. The van der Waals surface area contributed by atoms with Gasteiger partial charge in [0.2, 0.25) is 0 Å². The number of rotatable bonds is 9. The van der Waals surface area contributed by atoms with Gasteiger partial charge in [-0.05, 0) is 19.3 Å². The normalized spacial score (nSPS) is 12.6. The van der Waals surface area contributed by atoms with Crippen LogP contribution in [0.25, 0.3) is 0 Å². The van der Waals surface area contributed by atoms with Crippen LogP contribution < -0.4 is 11.5 Å². The summed E-state index contributed by atoms with van der Waals surface area (Å²) in [5.74, 6) is -0.0527. The molecule has 1 amide bonds. The Morgan fingerprint density at radius 2 is 1.95 bits per heavy atom. The summed E-state index contributed by atoms with van der Waals surface area (Å²) < 4.78 is 1.81. The van der Waals surface area contributed by atoms with Crippen molar-refractivity contribution in [3.63, 3.8) is 0 Å². The molecule has 114 valence electrons. The van der Waals surface area contributed by atoms with Crippen molar-refractivity contribution >= 4 is 11.7 Å². The van der Waals surface area contributed by atoms with Gasteiger partial charge in [0.05, 0.1) is 11.7 Å². The molecular weight excluding hydrogens is 252 g/mol. The fraction of sp³-hybridized carbons (Fsp3) is 0.733. The summed E-state index contributed by atoms with van der Waals surface area (Å²) >= 11 is 0. The highest BCUT2D eigenvalue weighted by Gasteiger charge is 2.22. The monoisotopic (exact) mass is 280 g/mol. The molecule has 4 N–H and O–H groups in total. The van der Waals surface area contributed by atoms with Gasteiger partial charge in [0.15, 0.2) is 0 Å². The fourth-order valence-corrected chi connectivity index (χ4v) is 2.60. The van der Waals surface area contributed by atoms with E-state index < -0.39 is 5.91 Å². The first-order valence-corrected chi connectivity index (χ1v) is 7.73. The van der Waals surface area contributed by atoms with Crippen LogP contribution in [0, 0.1) is 0 Å². The molecule has 0 saturated heterocycles. The number of hydrogen-bond donors (Lipinski definition) is 2. The number of aryl methyl sites for hydroxylation is 1. The first-order valence-electron chi connectivity index (χ1n) is 7.73. The first kappa shape index (κ1) is 16.5. The molecule has 0 saturated carbocycles. The van der Waals surface area contributed by atoms with Crippen LogP contribution in [-0.2, 0) is 6.42 Å². The van der Waals surface area contributed by atoms with Crippen molar-refractivity contribution in [3.8, 4) is 0 Å². The molecule has 0 aliphatic rings. The topological polar surface area (TPSA) is 86.9 Å². The van der Waals surface area contributed by atoms with Gasteiger partial charge in [0.1, 0.15) is 11.4 Å². The van der Waals surface area contributed by atoms with E-state index in [1.165, 1.54) is 25.7 Å². The Morgan fingerprint density at radius 1 is 1.25 bits per heavy atom. The first-order chi connectivity index (χ1) is 9.56. The minimum atomic E-state index is -0.480. The fourth-order valence-electron chi connectivity index (χ4n) is 2.60. The second kappa shape index (κ2) is 7.92. The standard InChI is InChI=1S/C15H28N4O/c1-4-7-8-9-10-11(5-2)19-14(16)13(15(17)20)12(6-3)18-19/h11H,4-10,16H2,1-3H3,(H2,17,20). The zero-order valence-electron chi connectivity index (χ0n) is 13.0. The molecule has 1 atom stereocenters. The smallest absolute Gasteiger partial charge is 0.254 e. The lowest BCUT2D eigenvalue weighted by molar-refractivity contribution is 0.1000. The number of nitrogen functional groups attached to an aromatic ring is 1. The highest BCUT2D eigenvalue weighted by Crippen LogP contribution is 2.26. The lowest BCUT2D eigenvalue weighted by Gasteiger charge is -2.17. The lowest BCUT2D eigenvalue weighted by atomic mass is 10.1. The Balaban J connectivity index is 2.89. The van der Waals surface area contributed by atoms with Crippen molar-refractivity contribution in [3.05, 3.63) is 11.3 Å². The highest BCUT2D eigenvalue weighted by molar-refractivity contribution is 5.98. The van der Waals surface area contributed by atoms with Crippen molar-refractivity contribution in [1.29, 1.82) is 0 Å². The molecule has 0 aliphatic heterocycles. The van der Waals surface area contributed by atoms with Gasteiger partial charge < -0.3 is 11.5 Å². The van der Waals surface area contributed by atoms with Crippen LogP contribution in [0.2, 0.25) is 0 Å². The van der Waals surface area contributed by atoms with E-state index in [0.717, 1.165) is 12.8 Å². The molecule has 5 heteroatoms. The van der Waals surface area contributed by atoms with Crippen molar-refractivity contribution in [1.82, 2.24) is 9.78 Å². The lowest BCUT2D eigenvalue weighted by Crippen LogP contribution is -2.16. The maximum Gasteiger partial charge on any atom is 0.254 e. The van der Waals surface area contributed by atoms with Gasteiger partial charge in [0.25, 0.3) is 5.91 Å². The van der Waals surface area contributed by atoms with Gasteiger partial charge in [-0.25, -0.2) is 4.68 Å². The summed E-state index contributed by atoms with van der Waals surface area (Å²) in [5, 5.41) is 4.51. The van der Waals surface area contributed by atoms with Gasteiger partial charge in [0, 0.05) is 0 Å². The summed E-state index contributed by atoms with van der Waals surface area (Å²) in [7, 11) is 0. The Bertz CT molecular complexity index is 439. The summed E-state index contributed by atoms with van der Waals surface area (Å²) in [6.07, 6.45) is 7.56. The molecule has 1 rings (SSSR count). The molecule has 0 spiro atoms. The third-order valence-corrected chi connectivity index (χ3v) is 3.81. The molecule has 0 bridgehead atoms. The number of carbonyl (C=O) groups is 1. The van der Waals surface area contributed by atoms with E-state index in [1.807, 2.05) is 11.6 Å². The van der Waals surface area contributed by atoms with E-state index in [9.17, 15) is 4.79 Å². The average molecular weight is 280 g/mol. The van der Waals surface area contributed by atoms with Gasteiger partial charge in [-0.3, -0.25) is 4.79 Å². The maximum atomic E-state index is 11.5. The quantitative estimate of drug-likeness (QED) is 0.681. The van der Waals surface area contributed by atoms with Crippen LogP contribution in [0.1, 0.15) is 81.4 Å². The molecule has 5 nitrogen and oxygen atoms in total. The summed E-state index contributed by atoms with van der Waals surface area (Å²) in [6.45, 7) is 6.29. The second-order valence-electron chi connectivity index (χ2n) is 5.28. The van der Waals surface area contributed by atoms with E-state index >= 15 is 0 Å². The van der Waals surface area contributed by atoms with E-state index in [0.29, 0.717) is 23.5 Å². The Morgan fingerprint density at radius 3 is 2.40 bits per heavy atom. The third-order valence-electron chi connectivity index (χ3n) is 3.81. The van der Waals surface area contributed by atoms with E-state index in [-0.39, 0.29) is 6.04 Å². The SMILES string of the molecule is CCCCCCC(CC)n1nc(CC)c(C(N)=O)c1N. The second-order valence-corrected chi connectivity index (χ2v) is 5.28. The number of nitrogens with zero attached hydrogens (tertiary/aromatic N) is 2. The predicted molar refractivity (Wildman–Crippen MR) is 82.6 cm³/mol. The van der Waals surface area contributed by atoms with Gasteiger partial charge in [-0.15, -0.1) is 0 Å². The van der Waals surface area contributed by atoms with Crippen LogP contribution in [0.5, 0.6) is 0 Å². The molecule has 20 heavy (non-hydrogen) atoms. The average Bonchev–Trinajstić information content (AvgIpc) is 2.76. The molecule has 1 unspecified atom stereocenters. The van der Waals surface area contributed by atoms with Crippen molar-refractivity contribution < 1.29 is 4.79 Å². The van der Waals surface area contributed by atoms with E-state index in [2.05, 4.69) is 18.9 Å². The minimum absolute atomic E-state index is 0.255. The van der Waals surface area contributed by atoms with Gasteiger partial charge in [-0.2, -0.15) is 5.10 Å². The van der Waals surface area contributed by atoms with Crippen LogP contribution in [-0.4, -0.2) is 15.7 Å². The van der Waals surface area contributed by atoms with Crippen LogP contribution in [0.15, 0.2) is 0 Å². The number of hydrogen-bond acceptors (Lipinski definition) is 3. The third kappa shape index (κ3) is 3.74. The molecule has 0 radical (unpaired) electrons. The van der Waals surface area contributed by atoms with Crippen LogP contribution in [0.4, 0.5) is 5.82 Å². The molecule has 1 aromatic rings. The summed E-state index contributed by atoms with van der Waals surface area (Å²) in [5.41, 5.74) is 12.6. The van der Waals surface area contributed by atoms with E-state index in [4.69, 9.17) is 11.5 Å². The van der Waals surface area contributed by atoms with Crippen LogP contribution >= 0.6 is 0 Å². The van der Waals surface area contributed by atoms with Crippen molar-refractivity contribution in [2.45, 2.75) is 71.8 Å². The minimum Gasteiger partial charge on any atom is -0.383 e. The number of aromatic nitrogens is 2. The van der Waals surface area contributed by atoms with Crippen molar-refractivity contribution in [2.75, 3.05) is 5.73 Å². The largest absolute Gasteiger partial charge is 0.383 e. The Hall–Kier alpha value is -1.52. The van der Waals surface area contributed by atoms with Crippen molar-refractivity contribution in [2.24, 2.45) is 5.73 Å².